The molecule has 0 aliphatic heterocycles. The van der Waals surface area contributed by atoms with Crippen molar-refractivity contribution in [3.63, 3.8) is 0 Å². The molecule has 0 aromatic heterocycles. The van der Waals surface area contributed by atoms with Crippen LogP contribution in [0, 0.1) is 58.7 Å². The van der Waals surface area contributed by atoms with Crippen molar-refractivity contribution in [2.75, 3.05) is 0 Å². The molecule has 4 rings (SSSR count). The van der Waals surface area contributed by atoms with Gasteiger partial charge >= 0.3 is 0 Å². The van der Waals surface area contributed by atoms with Crippen molar-refractivity contribution in [3.05, 3.63) is 0 Å². The Morgan fingerprint density at radius 3 is 2.44 bits per heavy atom. The molecule has 0 spiro atoms. The molecule has 8 atom stereocenters. The summed E-state index contributed by atoms with van der Waals surface area (Å²) in [6, 6.07) is 0. The quantitative estimate of drug-likeness (QED) is 0.481. The van der Waals surface area contributed by atoms with Gasteiger partial charge in [-0.15, -0.1) is 12.3 Å². The maximum atomic E-state index is 5.59. The second-order valence-electron chi connectivity index (χ2n) is 10.8. The Morgan fingerprint density at radius 2 is 1.68 bits per heavy atom. The van der Waals surface area contributed by atoms with Gasteiger partial charge in [0.2, 0.25) is 0 Å². The molecule has 4 fully saturated rings. The zero-order chi connectivity index (χ0) is 17.7. The minimum atomic E-state index is 0.613. The molecule has 0 aromatic rings. The van der Waals surface area contributed by atoms with E-state index in [1.165, 1.54) is 57.8 Å². The first-order valence-electron chi connectivity index (χ1n) is 11.5. The van der Waals surface area contributed by atoms with Gasteiger partial charge in [-0.2, -0.15) is 0 Å². The van der Waals surface area contributed by atoms with Gasteiger partial charge in [-0.1, -0.05) is 27.2 Å². The Kier molecular flexibility index (Phi) is 4.75. The molecular formula is C25H40. The van der Waals surface area contributed by atoms with Gasteiger partial charge in [0, 0.05) is 6.42 Å². The summed E-state index contributed by atoms with van der Waals surface area (Å²) in [6.07, 6.45) is 22.9. The molecule has 140 valence electrons. The molecule has 0 N–H and O–H groups in total. The fourth-order valence-electron chi connectivity index (χ4n) is 8.56. The van der Waals surface area contributed by atoms with Gasteiger partial charge in [0.1, 0.15) is 0 Å². The number of hydrogen-bond donors (Lipinski definition) is 0. The third-order valence-electron chi connectivity index (χ3n) is 10.2. The van der Waals surface area contributed by atoms with Crippen LogP contribution in [0.5, 0.6) is 0 Å². The van der Waals surface area contributed by atoms with E-state index in [4.69, 9.17) is 6.42 Å². The largest absolute Gasteiger partial charge is 0.120 e. The molecule has 0 amide bonds. The Bertz CT molecular complexity index is 527. The third kappa shape index (κ3) is 2.71. The van der Waals surface area contributed by atoms with Crippen molar-refractivity contribution in [3.8, 4) is 12.3 Å². The number of hydrogen-bond acceptors (Lipinski definition) is 0. The van der Waals surface area contributed by atoms with Gasteiger partial charge < -0.3 is 0 Å². The summed E-state index contributed by atoms with van der Waals surface area (Å²) < 4.78 is 0. The summed E-state index contributed by atoms with van der Waals surface area (Å²) in [4.78, 5) is 0. The molecule has 0 heterocycles. The molecule has 0 aromatic carbocycles. The summed E-state index contributed by atoms with van der Waals surface area (Å²) in [7, 11) is 0. The van der Waals surface area contributed by atoms with E-state index < -0.39 is 0 Å². The SMILES string of the molecule is C#CCCC1CCC2C3CCC4CC(CC)CCC4(C)C3CCC12C. The molecule has 0 bridgehead atoms. The fraction of sp³-hybridized carbons (Fsp3) is 0.920. The molecule has 4 aliphatic rings. The topological polar surface area (TPSA) is 0 Å². The molecule has 0 nitrogen and oxygen atoms in total. The Hall–Kier alpha value is -0.440. The van der Waals surface area contributed by atoms with Crippen LogP contribution in [-0.2, 0) is 0 Å². The summed E-state index contributed by atoms with van der Waals surface area (Å²) >= 11 is 0. The first-order valence-corrected chi connectivity index (χ1v) is 11.5. The van der Waals surface area contributed by atoms with Gasteiger partial charge in [0.25, 0.3) is 0 Å². The lowest BCUT2D eigenvalue weighted by atomic mass is 9.44. The minimum Gasteiger partial charge on any atom is -0.120 e. The normalized spacial score (nSPS) is 51.9. The molecule has 0 radical (unpaired) electrons. The molecule has 4 aliphatic carbocycles. The van der Waals surface area contributed by atoms with Crippen LogP contribution in [0.1, 0.15) is 97.8 Å². The summed E-state index contributed by atoms with van der Waals surface area (Å²) in [5.74, 6) is 8.98. The lowest BCUT2D eigenvalue weighted by molar-refractivity contribution is -0.118. The molecule has 4 saturated carbocycles. The summed E-state index contributed by atoms with van der Waals surface area (Å²) in [5.41, 5.74) is 1.29. The zero-order valence-electron chi connectivity index (χ0n) is 17.0. The summed E-state index contributed by atoms with van der Waals surface area (Å²) in [5, 5.41) is 0. The van der Waals surface area contributed by atoms with Crippen LogP contribution in [0.15, 0.2) is 0 Å². The highest BCUT2D eigenvalue weighted by molar-refractivity contribution is 5.09. The lowest BCUT2D eigenvalue weighted by Gasteiger charge is -2.61. The van der Waals surface area contributed by atoms with E-state index >= 15 is 0 Å². The second-order valence-corrected chi connectivity index (χ2v) is 10.8. The Morgan fingerprint density at radius 1 is 0.920 bits per heavy atom. The van der Waals surface area contributed by atoms with Crippen LogP contribution in [0.2, 0.25) is 0 Å². The second kappa shape index (κ2) is 6.62. The first kappa shape index (κ1) is 17.9. The van der Waals surface area contributed by atoms with Gasteiger partial charge in [-0.3, -0.25) is 0 Å². The number of rotatable bonds is 3. The van der Waals surface area contributed by atoms with E-state index in [1.807, 2.05) is 0 Å². The van der Waals surface area contributed by atoms with Gasteiger partial charge in [-0.25, -0.2) is 0 Å². The maximum absolute atomic E-state index is 5.59. The van der Waals surface area contributed by atoms with Crippen LogP contribution in [0.4, 0.5) is 0 Å². The predicted molar refractivity (Wildman–Crippen MR) is 107 cm³/mol. The van der Waals surface area contributed by atoms with Crippen molar-refractivity contribution in [1.82, 2.24) is 0 Å². The predicted octanol–water partition coefficient (Wildman–Crippen LogP) is 7.08. The highest BCUT2D eigenvalue weighted by Gasteiger charge is 2.59. The maximum Gasteiger partial charge on any atom is 0.00889 e. The van der Waals surface area contributed by atoms with Crippen LogP contribution < -0.4 is 0 Å². The number of terminal acetylenes is 1. The standard InChI is InChI=1S/C25H40/c1-5-7-8-19-10-12-22-21-11-9-20-17-18(6-2)13-15-25(20,4)23(21)14-16-24(19,22)3/h1,18-23H,6-17H2,2-4H3. The molecule has 8 unspecified atom stereocenters. The van der Waals surface area contributed by atoms with E-state index in [2.05, 4.69) is 26.7 Å². The van der Waals surface area contributed by atoms with Crippen LogP contribution >= 0.6 is 0 Å². The Balaban J connectivity index is 1.53. The van der Waals surface area contributed by atoms with E-state index in [-0.39, 0.29) is 0 Å². The highest BCUT2D eigenvalue weighted by Crippen LogP contribution is 2.68. The molecular weight excluding hydrogens is 300 g/mol. The lowest BCUT2D eigenvalue weighted by Crippen LogP contribution is -2.53. The van der Waals surface area contributed by atoms with Crippen molar-refractivity contribution in [1.29, 1.82) is 0 Å². The van der Waals surface area contributed by atoms with Crippen molar-refractivity contribution in [2.24, 2.45) is 46.3 Å². The first-order chi connectivity index (χ1) is 12.0. The minimum absolute atomic E-state index is 0.613. The van der Waals surface area contributed by atoms with Gasteiger partial charge in [0.05, 0.1) is 0 Å². The monoisotopic (exact) mass is 340 g/mol. The molecule has 0 saturated heterocycles. The van der Waals surface area contributed by atoms with Crippen molar-refractivity contribution in [2.45, 2.75) is 97.8 Å². The van der Waals surface area contributed by atoms with Crippen LogP contribution in [0.25, 0.3) is 0 Å². The van der Waals surface area contributed by atoms with Crippen LogP contribution in [-0.4, -0.2) is 0 Å². The average molecular weight is 341 g/mol. The van der Waals surface area contributed by atoms with E-state index in [0.717, 1.165) is 41.9 Å². The van der Waals surface area contributed by atoms with E-state index in [9.17, 15) is 0 Å². The zero-order valence-corrected chi connectivity index (χ0v) is 17.0. The molecule has 25 heavy (non-hydrogen) atoms. The molecule has 0 heteroatoms. The highest BCUT2D eigenvalue weighted by atomic mass is 14.6. The van der Waals surface area contributed by atoms with Gasteiger partial charge in [0.15, 0.2) is 0 Å². The Labute approximate surface area is 156 Å². The average Bonchev–Trinajstić information content (AvgIpc) is 2.95. The van der Waals surface area contributed by atoms with Gasteiger partial charge in [-0.05, 0) is 111 Å². The van der Waals surface area contributed by atoms with E-state index in [1.54, 1.807) is 12.8 Å². The summed E-state index contributed by atoms with van der Waals surface area (Å²) in [6.45, 7) is 7.79. The van der Waals surface area contributed by atoms with Crippen molar-refractivity contribution >= 4 is 0 Å². The number of fused-ring (bicyclic) bond motifs is 5. The smallest absolute Gasteiger partial charge is 0.00889 e. The fourth-order valence-corrected chi connectivity index (χ4v) is 8.56. The van der Waals surface area contributed by atoms with E-state index in [0.29, 0.717) is 10.8 Å². The third-order valence-corrected chi connectivity index (χ3v) is 10.2. The van der Waals surface area contributed by atoms with Crippen LogP contribution in [0.3, 0.4) is 0 Å². The van der Waals surface area contributed by atoms with Crippen molar-refractivity contribution < 1.29 is 0 Å².